The van der Waals surface area contributed by atoms with E-state index in [2.05, 4.69) is 5.32 Å². The van der Waals surface area contributed by atoms with Crippen molar-refractivity contribution in [2.24, 2.45) is 5.92 Å². The molecule has 1 fully saturated rings. The van der Waals surface area contributed by atoms with Crippen LogP contribution < -0.4 is 5.32 Å². The second-order valence-corrected chi connectivity index (χ2v) is 7.42. The van der Waals surface area contributed by atoms with Crippen molar-refractivity contribution in [3.8, 4) is 0 Å². The van der Waals surface area contributed by atoms with E-state index < -0.39 is 0 Å². The van der Waals surface area contributed by atoms with Crippen LogP contribution in [0.5, 0.6) is 0 Å². The number of rotatable bonds is 6. The first-order valence-electron chi connectivity index (χ1n) is 9.45. The number of halogens is 1. The Kier molecular flexibility index (Phi) is 6.88. The average molecular weight is 385 g/mol. The maximum Gasteiger partial charge on any atom is 0.226 e. The summed E-state index contributed by atoms with van der Waals surface area (Å²) in [6, 6.07) is 17.5. The van der Waals surface area contributed by atoms with Gasteiger partial charge in [0.15, 0.2) is 0 Å². The predicted molar refractivity (Wildman–Crippen MR) is 108 cm³/mol. The van der Waals surface area contributed by atoms with E-state index in [-0.39, 0.29) is 17.7 Å². The Balaban J connectivity index is 1.38. The molecule has 3 rings (SSSR count). The summed E-state index contributed by atoms with van der Waals surface area (Å²) in [5, 5.41) is 3.74. The molecule has 0 atom stereocenters. The van der Waals surface area contributed by atoms with Crippen LogP contribution in [0.3, 0.4) is 0 Å². The number of benzene rings is 2. The highest BCUT2D eigenvalue weighted by Crippen LogP contribution is 2.18. The molecule has 0 radical (unpaired) electrons. The van der Waals surface area contributed by atoms with Crippen molar-refractivity contribution >= 4 is 23.4 Å². The summed E-state index contributed by atoms with van der Waals surface area (Å²) in [6.45, 7) is 1.93. The second-order valence-electron chi connectivity index (χ2n) is 6.98. The molecule has 0 saturated carbocycles. The third kappa shape index (κ3) is 5.83. The minimum absolute atomic E-state index is 0.00371. The molecule has 1 aliphatic heterocycles. The minimum Gasteiger partial charge on any atom is -0.356 e. The lowest BCUT2D eigenvalue weighted by molar-refractivity contribution is -0.135. The zero-order valence-electron chi connectivity index (χ0n) is 15.4. The Morgan fingerprint density at radius 3 is 2.30 bits per heavy atom. The number of hydrogen-bond donors (Lipinski definition) is 1. The number of amides is 2. The van der Waals surface area contributed by atoms with E-state index in [1.807, 2.05) is 59.5 Å². The molecule has 1 N–H and O–H groups in total. The first-order chi connectivity index (χ1) is 13.1. The van der Waals surface area contributed by atoms with Gasteiger partial charge >= 0.3 is 0 Å². The molecule has 1 aliphatic rings. The van der Waals surface area contributed by atoms with E-state index in [1.54, 1.807) is 0 Å². The maximum absolute atomic E-state index is 12.4. The molecule has 0 bridgehead atoms. The standard InChI is InChI=1S/C22H25ClN2O2/c23-20-8-6-17(7-9-20)10-13-24-22(27)19-11-14-25(15-12-19)21(26)16-18-4-2-1-3-5-18/h1-9,19H,10-16H2,(H,24,27). The normalized spacial score (nSPS) is 14.8. The van der Waals surface area contributed by atoms with Gasteiger partial charge < -0.3 is 10.2 Å². The number of nitrogens with one attached hydrogen (secondary N) is 1. The van der Waals surface area contributed by atoms with Crippen molar-refractivity contribution in [1.29, 1.82) is 0 Å². The summed E-state index contributed by atoms with van der Waals surface area (Å²) in [6.07, 6.45) is 2.68. The van der Waals surface area contributed by atoms with Gasteiger partial charge in [0.1, 0.15) is 0 Å². The Labute approximate surface area is 165 Å². The smallest absolute Gasteiger partial charge is 0.226 e. The van der Waals surface area contributed by atoms with E-state index in [1.165, 1.54) is 0 Å². The molecule has 5 heteroatoms. The van der Waals surface area contributed by atoms with E-state index in [0.717, 1.165) is 35.4 Å². The first kappa shape index (κ1) is 19.4. The molecule has 142 valence electrons. The van der Waals surface area contributed by atoms with E-state index in [9.17, 15) is 9.59 Å². The molecule has 1 heterocycles. The lowest BCUT2D eigenvalue weighted by atomic mass is 9.95. The summed E-state index contributed by atoms with van der Waals surface area (Å²) >= 11 is 5.88. The van der Waals surface area contributed by atoms with E-state index >= 15 is 0 Å². The van der Waals surface area contributed by atoms with Crippen LogP contribution in [-0.4, -0.2) is 36.3 Å². The van der Waals surface area contributed by atoms with Gasteiger partial charge in [0.25, 0.3) is 0 Å². The number of nitrogens with zero attached hydrogens (tertiary/aromatic N) is 1. The van der Waals surface area contributed by atoms with Gasteiger partial charge in [0.05, 0.1) is 6.42 Å². The Morgan fingerprint density at radius 1 is 0.963 bits per heavy atom. The molecular formula is C22H25ClN2O2. The highest BCUT2D eigenvalue weighted by molar-refractivity contribution is 6.30. The van der Waals surface area contributed by atoms with Gasteiger partial charge in [-0.2, -0.15) is 0 Å². The Bertz CT molecular complexity index is 754. The fourth-order valence-electron chi connectivity index (χ4n) is 3.40. The summed E-state index contributed by atoms with van der Waals surface area (Å²) in [4.78, 5) is 26.7. The van der Waals surface area contributed by atoms with Gasteiger partial charge in [0, 0.05) is 30.6 Å². The molecule has 2 aromatic carbocycles. The largest absolute Gasteiger partial charge is 0.356 e. The molecule has 0 aromatic heterocycles. The molecule has 2 amide bonds. The Morgan fingerprint density at radius 2 is 1.63 bits per heavy atom. The van der Waals surface area contributed by atoms with Gasteiger partial charge in [-0.15, -0.1) is 0 Å². The summed E-state index contributed by atoms with van der Waals surface area (Å²) in [7, 11) is 0. The molecule has 1 saturated heterocycles. The van der Waals surface area contributed by atoms with Crippen LogP contribution in [0.25, 0.3) is 0 Å². The highest BCUT2D eigenvalue weighted by Gasteiger charge is 2.27. The van der Waals surface area contributed by atoms with Crippen LogP contribution in [0.2, 0.25) is 5.02 Å². The quantitative estimate of drug-likeness (QED) is 0.828. The van der Waals surface area contributed by atoms with Crippen molar-refractivity contribution in [2.45, 2.75) is 25.7 Å². The maximum atomic E-state index is 12.4. The fraction of sp³-hybridized carbons (Fsp3) is 0.364. The van der Waals surface area contributed by atoms with Gasteiger partial charge in [-0.25, -0.2) is 0 Å². The lowest BCUT2D eigenvalue weighted by Crippen LogP contribution is -2.43. The topological polar surface area (TPSA) is 49.4 Å². The average Bonchev–Trinajstić information content (AvgIpc) is 2.70. The molecule has 4 nitrogen and oxygen atoms in total. The highest BCUT2D eigenvalue weighted by atomic mass is 35.5. The fourth-order valence-corrected chi connectivity index (χ4v) is 3.52. The van der Waals surface area contributed by atoms with Crippen LogP contribution in [0.1, 0.15) is 24.0 Å². The van der Waals surface area contributed by atoms with Crippen molar-refractivity contribution in [3.05, 3.63) is 70.7 Å². The van der Waals surface area contributed by atoms with Crippen LogP contribution in [0, 0.1) is 5.92 Å². The third-order valence-corrected chi connectivity index (χ3v) is 5.29. The molecule has 27 heavy (non-hydrogen) atoms. The van der Waals surface area contributed by atoms with Gasteiger partial charge in [-0.1, -0.05) is 54.1 Å². The van der Waals surface area contributed by atoms with Crippen LogP contribution >= 0.6 is 11.6 Å². The van der Waals surface area contributed by atoms with Crippen molar-refractivity contribution in [1.82, 2.24) is 10.2 Å². The number of piperidine rings is 1. The van der Waals surface area contributed by atoms with E-state index in [0.29, 0.717) is 26.1 Å². The van der Waals surface area contributed by atoms with Crippen LogP contribution in [-0.2, 0) is 22.4 Å². The molecule has 0 spiro atoms. The number of hydrogen-bond acceptors (Lipinski definition) is 2. The number of likely N-dealkylation sites (tertiary alicyclic amines) is 1. The van der Waals surface area contributed by atoms with Gasteiger partial charge in [-0.3, -0.25) is 9.59 Å². The van der Waals surface area contributed by atoms with Crippen LogP contribution in [0.15, 0.2) is 54.6 Å². The predicted octanol–water partition coefficient (Wildman–Crippen LogP) is 3.48. The third-order valence-electron chi connectivity index (χ3n) is 5.04. The van der Waals surface area contributed by atoms with Gasteiger partial charge in [0.2, 0.25) is 11.8 Å². The number of carbonyl (C=O) groups is 2. The summed E-state index contributed by atoms with van der Waals surface area (Å²) in [5.41, 5.74) is 2.19. The number of carbonyl (C=O) groups excluding carboxylic acids is 2. The van der Waals surface area contributed by atoms with Crippen molar-refractivity contribution in [2.75, 3.05) is 19.6 Å². The zero-order chi connectivity index (χ0) is 19.1. The van der Waals surface area contributed by atoms with Crippen LogP contribution in [0.4, 0.5) is 0 Å². The van der Waals surface area contributed by atoms with Crippen molar-refractivity contribution < 1.29 is 9.59 Å². The van der Waals surface area contributed by atoms with Gasteiger partial charge in [-0.05, 0) is 42.5 Å². The Hall–Kier alpha value is -2.33. The first-order valence-corrected chi connectivity index (χ1v) is 9.83. The molecule has 2 aromatic rings. The molecular weight excluding hydrogens is 360 g/mol. The zero-order valence-corrected chi connectivity index (χ0v) is 16.1. The summed E-state index contributed by atoms with van der Waals surface area (Å²) in [5.74, 6) is 0.234. The molecule has 0 aliphatic carbocycles. The molecule has 0 unspecified atom stereocenters. The van der Waals surface area contributed by atoms with E-state index in [4.69, 9.17) is 11.6 Å². The second kappa shape index (κ2) is 9.56. The SMILES string of the molecule is O=C(NCCc1ccc(Cl)cc1)C1CCN(C(=O)Cc2ccccc2)CC1. The van der Waals surface area contributed by atoms with Crippen molar-refractivity contribution in [3.63, 3.8) is 0 Å². The monoisotopic (exact) mass is 384 g/mol. The lowest BCUT2D eigenvalue weighted by Gasteiger charge is -2.31. The minimum atomic E-state index is -0.00371. The summed E-state index contributed by atoms with van der Waals surface area (Å²) < 4.78 is 0.